The Hall–Kier alpha value is -0.660. The molecule has 0 heterocycles. The molecule has 0 aromatic heterocycles. The third-order valence-electron chi connectivity index (χ3n) is 3.30. The number of unbranched alkanes of at least 4 members (excludes halogenated alkanes) is 4. The second-order valence-electron chi connectivity index (χ2n) is 5.53. The summed E-state index contributed by atoms with van der Waals surface area (Å²) in [4.78, 5) is 10.9. The van der Waals surface area contributed by atoms with Crippen molar-refractivity contribution in [3.63, 3.8) is 0 Å². The summed E-state index contributed by atoms with van der Waals surface area (Å²) in [6.45, 7) is 6.38. The molecular weight excluding hydrogens is 234 g/mol. The Labute approximate surface area is 120 Å². The molecule has 0 aromatic carbocycles. The summed E-state index contributed by atoms with van der Waals surface area (Å²) in [5, 5.41) is 0. The van der Waals surface area contributed by atoms with Crippen molar-refractivity contribution < 1.29 is 0 Å². The first-order valence-corrected chi connectivity index (χ1v) is 7.96. The van der Waals surface area contributed by atoms with E-state index >= 15 is 0 Å². The zero-order valence-corrected chi connectivity index (χ0v) is 13.5. The molecule has 1 unspecified atom stereocenters. The monoisotopic (exact) mass is 267 g/mol. The molecule has 0 rings (SSSR count). The first-order chi connectivity index (χ1) is 9.20. The van der Waals surface area contributed by atoms with Crippen molar-refractivity contribution in [2.75, 3.05) is 27.2 Å². The van der Waals surface area contributed by atoms with Gasteiger partial charge in [-0.2, -0.15) is 0 Å². The summed E-state index contributed by atoms with van der Waals surface area (Å²) < 4.78 is 0. The molecule has 3 heteroatoms. The zero-order valence-electron chi connectivity index (χ0n) is 13.5. The molecular formula is C16H33N3. The van der Waals surface area contributed by atoms with Crippen LogP contribution in [-0.4, -0.2) is 44.1 Å². The lowest BCUT2D eigenvalue weighted by Crippen LogP contribution is -2.13. The topological polar surface area (TPSA) is 28.0 Å². The smallest absolute Gasteiger partial charge is 0.0895 e. The highest BCUT2D eigenvalue weighted by Crippen LogP contribution is 2.11. The van der Waals surface area contributed by atoms with Crippen molar-refractivity contribution in [3.05, 3.63) is 0 Å². The fourth-order valence-corrected chi connectivity index (χ4v) is 1.98. The predicted octanol–water partition coefficient (Wildman–Crippen LogP) is 4.25. The quantitative estimate of drug-likeness (QED) is 0.384. The molecule has 0 aliphatic heterocycles. The average molecular weight is 267 g/mol. The van der Waals surface area contributed by atoms with Crippen molar-refractivity contribution in [3.8, 4) is 0 Å². The second-order valence-corrected chi connectivity index (χ2v) is 5.53. The van der Waals surface area contributed by atoms with E-state index in [1.54, 1.807) is 0 Å². The summed E-state index contributed by atoms with van der Waals surface area (Å²) in [5.41, 5.74) is 0. The molecule has 0 bridgehead atoms. The first-order valence-electron chi connectivity index (χ1n) is 7.96. The zero-order chi connectivity index (χ0) is 14.3. The maximum Gasteiger partial charge on any atom is 0.0895 e. The van der Waals surface area contributed by atoms with Gasteiger partial charge in [0.2, 0.25) is 0 Å². The van der Waals surface area contributed by atoms with E-state index in [1.807, 2.05) is 0 Å². The lowest BCUT2D eigenvalue weighted by atomic mass is 10.1. The van der Waals surface area contributed by atoms with Crippen molar-refractivity contribution in [1.29, 1.82) is 0 Å². The number of aliphatic imine (C=N–C) groups is 2. The van der Waals surface area contributed by atoms with Crippen LogP contribution in [0.15, 0.2) is 9.98 Å². The molecule has 0 spiro atoms. The van der Waals surface area contributed by atoms with E-state index in [-0.39, 0.29) is 0 Å². The Balaban J connectivity index is 3.68. The van der Waals surface area contributed by atoms with E-state index in [9.17, 15) is 0 Å². The molecule has 0 N–H and O–H groups in total. The maximum atomic E-state index is 4.45. The predicted molar refractivity (Wildman–Crippen MR) is 85.4 cm³/mol. The minimum absolute atomic E-state index is 0.430. The largest absolute Gasteiger partial charge is 0.309 e. The number of nitrogens with zero attached hydrogens (tertiary/aromatic N) is 3. The van der Waals surface area contributed by atoms with Gasteiger partial charge in [0, 0.05) is 0 Å². The fraction of sp³-hybridized carbons (Fsp3) is 0.938. The van der Waals surface area contributed by atoms with Crippen LogP contribution in [0.3, 0.4) is 0 Å². The van der Waals surface area contributed by atoms with E-state index in [2.05, 4.69) is 48.8 Å². The molecule has 0 saturated carbocycles. The van der Waals surface area contributed by atoms with E-state index < -0.39 is 0 Å². The molecule has 0 amide bonds. The van der Waals surface area contributed by atoms with Crippen molar-refractivity contribution in [2.45, 2.75) is 71.3 Å². The Bertz CT molecular complexity index is 242. The summed E-state index contributed by atoms with van der Waals surface area (Å²) in [6, 6.07) is 3.32. The van der Waals surface area contributed by atoms with Crippen molar-refractivity contribution in [1.82, 2.24) is 4.90 Å². The van der Waals surface area contributed by atoms with Crippen molar-refractivity contribution in [2.24, 2.45) is 9.98 Å². The molecule has 112 valence electrons. The summed E-state index contributed by atoms with van der Waals surface area (Å²) in [6.07, 6.45) is 10.1. The lowest BCUT2D eigenvalue weighted by Gasteiger charge is -2.07. The summed E-state index contributed by atoms with van der Waals surface area (Å²) in [7, 11) is 4.17. The van der Waals surface area contributed by atoms with E-state index in [4.69, 9.17) is 0 Å². The van der Waals surface area contributed by atoms with Gasteiger partial charge in [-0.05, 0) is 39.9 Å². The van der Waals surface area contributed by atoms with Gasteiger partial charge in [-0.3, -0.25) is 0 Å². The molecule has 19 heavy (non-hydrogen) atoms. The van der Waals surface area contributed by atoms with Crippen LogP contribution < -0.4 is 0 Å². The van der Waals surface area contributed by atoms with Crippen LogP contribution in [0.25, 0.3) is 0 Å². The SMILES string of the molecule is CCCCCCCC(CC)N=C=NCCCN(C)C. The van der Waals surface area contributed by atoms with Crippen molar-refractivity contribution >= 4 is 6.01 Å². The van der Waals surface area contributed by atoms with Crippen LogP contribution in [0.5, 0.6) is 0 Å². The minimum atomic E-state index is 0.430. The van der Waals surface area contributed by atoms with Crippen LogP contribution in [0.4, 0.5) is 0 Å². The highest BCUT2D eigenvalue weighted by Gasteiger charge is 2.02. The van der Waals surface area contributed by atoms with Gasteiger partial charge in [0.15, 0.2) is 0 Å². The first kappa shape index (κ1) is 18.3. The molecule has 1 atom stereocenters. The fourth-order valence-electron chi connectivity index (χ4n) is 1.98. The molecule has 0 aromatic rings. The van der Waals surface area contributed by atoms with Gasteiger partial charge >= 0.3 is 0 Å². The van der Waals surface area contributed by atoms with Crippen LogP contribution in [0.2, 0.25) is 0 Å². The van der Waals surface area contributed by atoms with E-state index in [0.717, 1.165) is 25.9 Å². The second kappa shape index (κ2) is 13.8. The maximum absolute atomic E-state index is 4.45. The number of rotatable bonds is 12. The van der Waals surface area contributed by atoms with Crippen LogP contribution >= 0.6 is 0 Å². The van der Waals surface area contributed by atoms with Gasteiger partial charge in [-0.1, -0.05) is 46.0 Å². The van der Waals surface area contributed by atoms with E-state index in [1.165, 1.54) is 38.5 Å². The molecule has 0 aliphatic rings. The average Bonchev–Trinajstić information content (AvgIpc) is 2.39. The molecule has 0 aliphatic carbocycles. The minimum Gasteiger partial charge on any atom is -0.309 e. The Kier molecular flexibility index (Phi) is 13.3. The number of hydrogen-bond donors (Lipinski definition) is 0. The molecule has 0 radical (unpaired) electrons. The highest BCUT2D eigenvalue weighted by atomic mass is 15.0. The molecule has 3 nitrogen and oxygen atoms in total. The van der Waals surface area contributed by atoms with E-state index in [0.29, 0.717) is 6.04 Å². The standard InChI is InChI=1S/C16H33N3/c1-5-7-8-9-10-12-16(6-2)18-15-17-13-11-14-19(3)4/h16H,5-14H2,1-4H3. The third kappa shape index (κ3) is 13.6. The molecule has 0 fully saturated rings. The Morgan fingerprint density at radius 3 is 2.37 bits per heavy atom. The van der Waals surface area contributed by atoms with Gasteiger partial charge in [-0.15, -0.1) is 0 Å². The third-order valence-corrected chi connectivity index (χ3v) is 3.30. The van der Waals surface area contributed by atoms with Gasteiger partial charge in [0.25, 0.3) is 0 Å². The molecule has 0 saturated heterocycles. The van der Waals surface area contributed by atoms with Crippen LogP contribution in [-0.2, 0) is 0 Å². The normalized spacial score (nSPS) is 12.3. The van der Waals surface area contributed by atoms with Gasteiger partial charge in [-0.25, -0.2) is 9.98 Å². The van der Waals surface area contributed by atoms with Gasteiger partial charge in [0.05, 0.1) is 18.6 Å². The number of hydrogen-bond acceptors (Lipinski definition) is 3. The Morgan fingerprint density at radius 2 is 1.74 bits per heavy atom. The summed E-state index contributed by atoms with van der Waals surface area (Å²) >= 11 is 0. The van der Waals surface area contributed by atoms with Crippen LogP contribution in [0.1, 0.15) is 65.2 Å². The highest BCUT2D eigenvalue weighted by molar-refractivity contribution is 5.41. The van der Waals surface area contributed by atoms with Gasteiger partial charge in [0.1, 0.15) is 0 Å². The lowest BCUT2D eigenvalue weighted by molar-refractivity contribution is 0.403. The Morgan fingerprint density at radius 1 is 1.00 bits per heavy atom. The van der Waals surface area contributed by atoms with Crippen LogP contribution in [0, 0.1) is 0 Å². The summed E-state index contributed by atoms with van der Waals surface area (Å²) in [5.74, 6) is 0. The van der Waals surface area contributed by atoms with Gasteiger partial charge < -0.3 is 4.90 Å².